The van der Waals surface area contributed by atoms with Crippen molar-refractivity contribution in [3.05, 3.63) is 41.6 Å². The molecular formula is C14H16N2. The molecule has 0 fully saturated rings. The minimum atomic E-state index is -0.0267. The first-order valence-electron chi connectivity index (χ1n) is 5.69. The van der Waals surface area contributed by atoms with Crippen LogP contribution in [-0.2, 0) is 5.41 Å². The number of allylic oxidation sites excluding steroid dienone is 2. The second kappa shape index (κ2) is 4.02. The number of nitrogens with one attached hydrogen (secondary N) is 1. The van der Waals surface area contributed by atoms with Gasteiger partial charge in [-0.3, -0.25) is 0 Å². The van der Waals surface area contributed by atoms with Crippen LogP contribution in [0.25, 0.3) is 0 Å². The van der Waals surface area contributed by atoms with Crippen LogP contribution in [0.3, 0.4) is 0 Å². The van der Waals surface area contributed by atoms with Crippen LogP contribution in [0.2, 0.25) is 0 Å². The van der Waals surface area contributed by atoms with Gasteiger partial charge in [0.2, 0.25) is 0 Å². The van der Waals surface area contributed by atoms with Gasteiger partial charge in [0.1, 0.15) is 0 Å². The summed E-state index contributed by atoms with van der Waals surface area (Å²) in [5.74, 6) is 0. The third-order valence-corrected chi connectivity index (χ3v) is 3.34. The molecular weight excluding hydrogens is 196 g/mol. The highest BCUT2D eigenvalue weighted by Gasteiger charge is 2.37. The summed E-state index contributed by atoms with van der Waals surface area (Å²) in [7, 11) is 0. The van der Waals surface area contributed by atoms with Crippen molar-refractivity contribution in [2.75, 3.05) is 5.32 Å². The Bertz CT molecular complexity index is 468. The van der Waals surface area contributed by atoms with E-state index in [9.17, 15) is 0 Å². The van der Waals surface area contributed by atoms with Crippen LogP contribution in [0.15, 0.2) is 36.0 Å². The molecule has 1 aromatic rings. The Kier molecular flexibility index (Phi) is 2.70. The summed E-state index contributed by atoms with van der Waals surface area (Å²) in [5, 5.41) is 12.2. The molecule has 0 bridgehead atoms. The fraction of sp³-hybridized carbons (Fsp3) is 0.357. The van der Waals surface area contributed by atoms with Crippen LogP contribution in [0.4, 0.5) is 5.69 Å². The molecule has 1 unspecified atom stereocenters. The molecule has 2 nitrogen and oxygen atoms in total. The van der Waals surface area contributed by atoms with Gasteiger partial charge < -0.3 is 5.32 Å². The predicted molar refractivity (Wildman–Crippen MR) is 66.0 cm³/mol. The fourth-order valence-electron chi connectivity index (χ4n) is 2.53. The summed E-state index contributed by atoms with van der Waals surface area (Å²) in [6.45, 7) is 4.38. The van der Waals surface area contributed by atoms with Crippen LogP contribution in [-0.4, -0.2) is 0 Å². The Morgan fingerprint density at radius 2 is 2.19 bits per heavy atom. The van der Waals surface area contributed by atoms with Gasteiger partial charge in [-0.25, -0.2) is 0 Å². The lowest BCUT2D eigenvalue weighted by atomic mass is 9.78. The highest BCUT2D eigenvalue weighted by Crippen LogP contribution is 2.45. The van der Waals surface area contributed by atoms with Crippen LogP contribution in [0.5, 0.6) is 0 Å². The van der Waals surface area contributed by atoms with Gasteiger partial charge in [0, 0.05) is 22.9 Å². The Hall–Kier alpha value is -1.75. The maximum atomic E-state index is 8.84. The van der Waals surface area contributed by atoms with E-state index in [0.29, 0.717) is 0 Å². The number of nitrogens with zero attached hydrogens (tertiary/aromatic N) is 1. The molecule has 1 atom stereocenters. The molecule has 1 aromatic carbocycles. The average Bonchev–Trinajstić information content (AvgIpc) is 2.55. The van der Waals surface area contributed by atoms with Gasteiger partial charge in [-0.1, -0.05) is 31.5 Å². The van der Waals surface area contributed by atoms with E-state index in [1.807, 2.05) is 6.07 Å². The molecule has 1 heterocycles. The summed E-state index contributed by atoms with van der Waals surface area (Å²) >= 11 is 0. The summed E-state index contributed by atoms with van der Waals surface area (Å²) in [6, 6.07) is 10.4. The van der Waals surface area contributed by atoms with Gasteiger partial charge in [-0.2, -0.15) is 5.26 Å². The number of fused-ring (bicyclic) bond motifs is 1. The molecule has 0 aliphatic carbocycles. The molecule has 1 aliphatic heterocycles. The van der Waals surface area contributed by atoms with E-state index in [1.165, 1.54) is 5.56 Å². The molecule has 82 valence electrons. The van der Waals surface area contributed by atoms with Crippen LogP contribution in [0.1, 0.15) is 32.3 Å². The Balaban J connectivity index is 2.53. The monoisotopic (exact) mass is 212 g/mol. The first kappa shape index (κ1) is 10.8. The van der Waals surface area contributed by atoms with Crippen molar-refractivity contribution in [1.82, 2.24) is 0 Å². The van der Waals surface area contributed by atoms with Crippen molar-refractivity contribution >= 4 is 5.69 Å². The van der Waals surface area contributed by atoms with Crippen molar-refractivity contribution < 1.29 is 0 Å². The molecule has 0 aromatic heterocycles. The first-order chi connectivity index (χ1) is 7.72. The average molecular weight is 212 g/mol. The molecule has 0 saturated heterocycles. The van der Waals surface area contributed by atoms with Crippen LogP contribution >= 0.6 is 0 Å². The Morgan fingerprint density at radius 3 is 2.88 bits per heavy atom. The molecule has 0 spiro atoms. The van der Waals surface area contributed by atoms with Gasteiger partial charge in [0.15, 0.2) is 0 Å². The summed E-state index contributed by atoms with van der Waals surface area (Å²) in [5.41, 5.74) is 3.44. The first-order valence-corrected chi connectivity index (χ1v) is 5.69. The van der Waals surface area contributed by atoms with Crippen molar-refractivity contribution in [3.63, 3.8) is 0 Å². The predicted octanol–water partition coefficient (Wildman–Crippen LogP) is 3.58. The molecule has 0 saturated carbocycles. The second-order valence-corrected chi connectivity index (χ2v) is 4.44. The smallest absolute Gasteiger partial charge is 0.0930 e. The van der Waals surface area contributed by atoms with E-state index in [-0.39, 0.29) is 5.41 Å². The minimum Gasteiger partial charge on any atom is -0.357 e. The van der Waals surface area contributed by atoms with E-state index in [1.54, 1.807) is 6.08 Å². The summed E-state index contributed by atoms with van der Waals surface area (Å²) in [6.07, 6.45) is 3.80. The maximum Gasteiger partial charge on any atom is 0.0930 e. The largest absolute Gasteiger partial charge is 0.357 e. The highest BCUT2D eigenvalue weighted by atomic mass is 15.0. The maximum absolute atomic E-state index is 8.84. The van der Waals surface area contributed by atoms with E-state index < -0.39 is 0 Å². The zero-order valence-electron chi connectivity index (χ0n) is 9.75. The van der Waals surface area contributed by atoms with Gasteiger partial charge in [0.05, 0.1) is 6.07 Å². The van der Waals surface area contributed by atoms with Crippen molar-refractivity contribution in [1.29, 1.82) is 5.26 Å². The van der Waals surface area contributed by atoms with Crippen molar-refractivity contribution in [2.24, 2.45) is 0 Å². The zero-order chi connectivity index (χ0) is 11.6. The quantitative estimate of drug-likeness (QED) is 0.760. The third-order valence-electron chi connectivity index (χ3n) is 3.34. The SMILES string of the molecule is CCCC1(C)/C(=C/C#N)Nc2ccccc21. The fourth-order valence-corrected chi connectivity index (χ4v) is 2.53. The molecule has 2 rings (SSSR count). The summed E-state index contributed by atoms with van der Waals surface area (Å²) in [4.78, 5) is 0. The van der Waals surface area contributed by atoms with Gasteiger partial charge in [-0.15, -0.1) is 0 Å². The number of benzene rings is 1. The van der Waals surface area contributed by atoms with Crippen molar-refractivity contribution in [2.45, 2.75) is 32.1 Å². The summed E-state index contributed by atoms with van der Waals surface area (Å²) < 4.78 is 0. The van der Waals surface area contributed by atoms with E-state index in [4.69, 9.17) is 5.26 Å². The zero-order valence-corrected chi connectivity index (χ0v) is 9.75. The van der Waals surface area contributed by atoms with Gasteiger partial charge in [0.25, 0.3) is 0 Å². The number of nitriles is 1. The van der Waals surface area contributed by atoms with Gasteiger partial charge >= 0.3 is 0 Å². The molecule has 1 N–H and O–H groups in total. The van der Waals surface area contributed by atoms with E-state index >= 15 is 0 Å². The minimum absolute atomic E-state index is 0.0267. The number of rotatable bonds is 2. The Labute approximate surface area is 96.6 Å². The standard InChI is InChI=1S/C14H16N2/c1-3-9-14(2)11-6-4-5-7-12(11)16-13(14)8-10-15/h4-8,16H,3,9H2,1-2H3/b13-8-. The topological polar surface area (TPSA) is 35.8 Å². The number of hydrogen-bond donors (Lipinski definition) is 1. The molecule has 0 radical (unpaired) electrons. The van der Waals surface area contributed by atoms with E-state index in [2.05, 4.69) is 43.4 Å². The third kappa shape index (κ3) is 1.49. The van der Waals surface area contributed by atoms with Gasteiger partial charge in [-0.05, 0) is 25.0 Å². The Morgan fingerprint density at radius 1 is 1.44 bits per heavy atom. The van der Waals surface area contributed by atoms with Crippen LogP contribution < -0.4 is 5.32 Å². The number of anilines is 1. The molecule has 2 heteroatoms. The number of para-hydroxylation sites is 1. The highest BCUT2D eigenvalue weighted by molar-refractivity contribution is 5.68. The normalized spacial score (nSPS) is 24.9. The van der Waals surface area contributed by atoms with Crippen LogP contribution in [0, 0.1) is 11.3 Å². The lowest BCUT2D eigenvalue weighted by molar-refractivity contribution is 0.520. The number of hydrogen-bond acceptors (Lipinski definition) is 2. The van der Waals surface area contributed by atoms with Crippen molar-refractivity contribution in [3.8, 4) is 6.07 Å². The lowest BCUT2D eigenvalue weighted by Crippen LogP contribution is -2.21. The second-order valence-electron chi connectivity index (χ2n) is 4.44. The van der Waals surface area contributed by atoms with E-state index in [0.717, 1.165) is 24.2 Å². The molecule has 1 aliphatic rings. The lowest BCUT2D eigenvalue weighted by Gasteiger charge is -2.25. The molecule has 0 amide bonds. The molecule has 16 heavy (non-hydrogen) atoms.